The third-order valence-corrected chi connectivity index (χ3v) is 3.85. The van der Waals surface area contributed by atoms with E-state index in [4.69, 9.17) is 5.73 Å². The van der Waals surface area contributed by atoms with Crippen LogP contribution in [0.2, 0.25) is 0 Å². The Hall–Kier alpha value is -1.81. The van der Waals surface area contributed by atoms with Crippen molar-refractivity contribution >= 4 is 17.7 Å². The summed E-state index contributed by atoms with van der Waals surface area (Å²) in [5, 5.41) is 0. The van der Waals surface area contributed by atoms with Crippen LogP contribution in [0.5, 0.6) is 0 Å². The number of benzene rings is 1. The summed E-state index contributed by atoms with van der Waals surface area (Å²) in [6.45, 7) is 2.08. The van der Waals surface area contributed by atoms with E-state index in [1.54, 1.807) is 6.08 Å². The molecule has 1 amide bonds. The number of likely N-dealkylation sites (tertiary alicyclic amines) is 1. The fourth-order valence-electron chi connectivity index (χ4n) is 2.53. The number of nitrogens with zero attached hydrogens (tertiary/aromatic N) is 2. The molecule has 1 aliphatic rings. The van der Waals surface area contributed by atoms with Crippen LogP contribution in [0.25, 0.3) is 6.08 Å². The number of likely N-dealkylation sites (N-methyl/N-ethyl adjacent to an activating group) is 2. The second-order valence-electron chi connectivity index (χ2n) is 5.51. The number of piperidine rings is 1. The van der Waals surface area contributed by atoms with Gasteiger partial charge in [0, 0.05) is 31.4 Å². The summed E-state index contributed by atoms with van der Waals surface area (Å²) in [6, 6.07) is 7.81. The van der Waals surface area contributed by atoms with E-state index in [0.29, 0.717) is 6.04 Å². The normalized spacial score (nSPS) is 20.2. The third-order valence-electron chi connectivity index (χ3n) is 3.85. The van der Waals surface area contributed by atoms with Crippen molar-refractivity contribution in [3.05, 3.63) is 35.9 Å². The molecule has 0 aliphatic carbocycles. The highest BCUT2D eigenvalue weighted by atomic mass is 16.2. The number of nitrogens with two attached hydrogens (primary N) is 1. The molecule has 1 saturated heterocycles. The Balaban J connectivity index is 1.95. The summed E-state index contributed by atoms with van der Waals surface area (Å²) < 4.78 is 0. The number of amides is 1. The van der Waals surface area contributed by atoms with Crippen molar-refractivity contribution < 1.29 is 4.79 Å². The van der Waals surface area contributed by atoms with Gasteiger partial charge in [-0.15, -0.1) is 0 Å². The van der Waals surface area contributed by atoms with Gasteiger partial charge in [-0.25, -0.2) is 0 Å². The second-order valence-corrected chi connectivity index (χ2v) is 5.51. The largest absolute Gasteiger partial charge is 0.399 e. The van der Waals surface area contributed by atoms with Gasteiger partial charge in [-0.1, -0.05) is 12.1 Å². The molecule has 1 atom stereocenters. The van der Waals surface area contributed by atoms with Crippen LogP contribution in [0, 0.1) is 0 Å². The minimum atomic E-state index is 0.0575. The Morgan fingerprint density at radius 1 is 1.40 bits per heavy atom. The summed E-state index contributed by atoms with van der Waals surface area (Å²) >= 11 is 0. The maximum Gasteiger partial charge on any atom is 0.246 e. The van der Waals surface area contributed by atoms with Gasteiger partial charge < -0.3 is 15.5 Å². The lowest BCUT2D eigenvalue weighted by Gasteiger charge is -2.35. The minimum Gasteiger partial charge on any atom is -0.399 e. The SMILES string of the molecule is CN1CCCC(N(C)C(=O)/C=C/c2ccc(N)cc2)C1. The predicted octanol–water partition coefficient (Wildman–Crippen LogP) is 1.83. The van der Waals surface area contributed by atoms with Crippen molar-refractivity contribution in [1.29, 1.82) is 0 Å². The predicted molar refractivity (Wildman–Crippen MR) is 83.2 cm³/mol. The number of anilines is 1. The monoisotopic (exact) mass is 273 g/mol. The van der Waals surface area contributed by atoms with Gasteiger partial charge in [0.1, 0.15) is 0 Å². The van der Waals surface area contributed by atoms with Crippen LogP contribution in [0.3, 0.4) is 0 Å². The smallest absolute Gasteiger partial charge is 0.246 e. The molecule has 2 N–H and O–H groups in total. The standard InChI is InChI=1S/C16H23N3O/c1-18-11-3-4-15(12-18)19(2)16(20)10-7-13-5-8-14(17)9-6-13/h5-10,15H,3-4,11-12,17H2,1-2H3/b10-7+. The molecule has 0 saturated carbocycles. The Morgan fingerprint density at radius 2 is 2.10 bits per heavy atom. The Bertz CT molecular complexity index is 481. The maximum absolute atomic E-state index is 12.2. The first-order chi connectivity index (χ1) is 9.56. The zero-order chi connectivity index (χ0) is 14.5. The van der Waals surface area contributed by atoms with Crippen LogP contribution in [-0.2, 0) is 4.79 Å². The van der Waals surface area contributed by atoms with Crippen molar-refractivity contribution in [3.63, 3.8) is 0 Å². The quantitative estimate of drug-likeness (QED) is 0.675. The molecule has 1 aromatic carbocycles. The summed E-state index contributed by atoms with van der Waals surface area (Å²) in [7, 11) is 3.99. The molecule has 0 radical (unpaired) electrons. The van der Waals surface area contributed by atoms with Crippen molar-refractivity contribution in [2.24, 2.45) is 0 Å². The molecule has 108 valence electrons. The summed E-state index contributed by atoms with van der Waals surface area (Å²) in [6.07, 6.45) is 5.72. The topological polar surface area (TPSA) is 49.6 Å². The van der Waals surface area contributed by atoms with Gasteiger partial charge in [-0.05, 0) is 50.2 Å². The van der Waals surface area contributed by atoms with Gasteiger partial charge in [0.15, 0.2) is 0 Å². The molecule has 1 heterocycles. The fraction of sp³-hybridized carbons (Fsp3) is 0.438. The highest BCUT2D eigenvalue weighted by molar-refractivity contribution is 5.91. The van der Waals surface area contributed by atoms with E-state index in [1.165, 1.54) is 0 Å². The van der Waals surface area contributed by atoms with E-state index in [0.717, 1.165) is 37.2 Å². The molecular weight excluding hydrogens is 250 g/mol. The van der Waals surface area contributed by atoms with Gasteiger partial charge in [0.25, 0.3) is 0 Å². The number of carbonyl (C=O) groups is 1. The molecule has 1 aromatic rings. The fourth-order valence-corrected chi connectivity index (χ4v) is 2.53. The first kappa shape index (κ1) is 14.6. The molecule has 1 fully saturated rings. The van der Waals surface area contributed by atoms with Crippen molar-refractivity contribution in [2.75, 3.05) is 32.9 Å². The van der Waals surface area contributed by atoms with Crippen LogP contribution in [0.1, 0.15) is 18.4 Å². The van der Waals surface area contributed by atoms with Crippen LogP contribution in [0.4, 0.5) is 5.69 Å². The average molecular weight is 273 g/mol. The lowest BCUT2D eigenvalue weighted by atomic mass is 10.0. The first-order valence-corrected chi connectivity index (χ1v) is 7.05. The Morgan fingerprint density at radius 3 is 2.75 bits per heavy atom. The molecule has 0 spiro atoms. The molecule has 0 aromatic heterocycles. The van der Waals surface area contributed by atoms with Crippen LogP contribution >= 0.6 is 0 Å². The number of hydrogen-bond donors (Lipinski definition) is 1. The van der Waals surface area contributed by atoms with Crippen LogP contribution in [0.15, 0.2) is 30.3 Å². The van der Waals surface area contributed by atoms with Gasteiger partial charge in [0.05, 0.1) is 0 Å². The van der Waals surface area contributed by atoms with Crippen molar-refractivity contribution in [3.8, 4) is 0 Å². The second kappa shape index (κ2) is 6.57. The van der Waals surface area contributed by atoms with E-state index >= 15 is 0 Å². The minimum absolute atomic E-state index is 0.0575. The van der Waals surface area contributed by atoms with Crippen LogP contribution < -0.4 is 5.73 Å². The van der Waals surface area contributed by atoms with Gasteiger partial charge in [-0.2, -0.15) is 0 Å². The molecule has 2 rings (SSSR count). The zero-order valence-corrected chi connectivity index (χ0v) is 12.2. The van der Waals surface area contributed by atoms with E-state index in [9.17, 15) is 4.79 Å². The highest BCUT2D eigenvalue weighted by Crippen LogP contribution is 2.14. The summed E-state index contributed by atoms with van der Waals surface area (Å²) in [5.74, 6) is 0.0575. The highest BCUT2D eigenvalue weighted by Gasteiger charge is 2.23. The van der Waals surface area contributed by atoms with E-state index < -0.39 is 0 Å². The molecule has 1 aliphatic heterocycles. The van der Waals surface area contributed by atoms with Crippen LogP contribution in [-0.4, -0.2) is 48.9 Å². The molecular formula is C16H23N3O. The van der Waals surface area contributed by atoms with E-state index in [-0.39, 0.29) is 5.91 Å². The van der Waals surface area contributed by atoms with Crippen molar-refractivity contribution in [2.45, 2.75) is 18.9 Å². The third kappa shape index (κ3) is 3.84. The van der Waals surface area contributed by atoms with Gasteiger partial charge >= 0.3 is 0 Å². The molecule has 4 nitrogen and oxygen atoms in total. The maximum atomic E-state index is 12.2. The van der Waals surface area contributed by atoms with E-state index in [1.807, 2.05) is 42.3 Å². The number of hydrogen-bond acceptors (Lipinski definition) is 3. The first-order valence-electron chi connectivity index (χ1n) is 7.05. The van der Waals surface area contributed by atoms with Crippen molar-refractivity contribution in [1.82, 2.24) is 9.80 Å². The number of carbonyl (C=O) groups excluding carboxylic acids is 1. The lowest BCUT2D eigenvalue weighted by Crippen LogP contribution is -2.46. The molecule has 1 unspecified atom stereocenters. The molecule has 0 bridgehead atoms. The zero-order valence-electron chi connectivity index (χ0n) is 12.2. The van der Waals surface area contributed by atoms with Gasteiger partial charge in [-0.3, -0.25) is 4.79 Å². The number of rotatable bonds is 3. The Labute approximate surface area is 120 Å². The lowest BCUT2D eigenvalue weighted by molar-refractivity contribution is -0.127. The molecule has 4 heteroatoms. The summed E-state index contributed by atoms with van der Waals surface area (Å²) in [5.41, 5.74) is 7.36. The average Bonchev–Trinajstić information content (AvgIpc) is 2.45. The van der Waals surface area contributed by atoms with Gasteiger partial charge in [0.2, 0.25) is 5.91 Å². The van der Waals surface area contributed by atoms with E-state index in [2.05, 4.69) is 11.9 Å². The summed E-state index contributed by atoms with van der Waals surface area (Å²) in [4.78, 5) is 16.3. The molecule has 20 heavy (non-hydrogen) atoms. The number of nitrogen functional groups attached to an aromatic ring is 1. The Kier molecular flexibility index (Phi) is 4.79.